The number of halogens is 6. The van der Waals surface area contributed by atoms with E-state index in [0.717, 1.165) is 18.2 Å². The maximum atomic E-state index is 12.7. The van der Waals surface area contributed by atoms with Crippen molar-refractivity contribution in [2.24, 2.45) is 0 Å². The Morgan fingerprint density at radius 1 is 1.00 bits per heavy atom. The third-order valence-corrected chi connectivity index (χ3v) is 3.61. The number of alkyl halides is 3. The molecule has 0 radical (unpaired) electrons. The van der Waals surface area contributed by atoms with Gasteiger partial charge < -0.3 is 9.47 Å². The zero-order valence-electron chi connectivity index (χ0n) is 12.6. The number of carbonyl (C=O) groups excluding carboxylic acids is 2. The Labute approximate surface area is 160 Å². The summed E-state index contributed by atoms with van der Waals surface area (Å²) in [7, 11) is 0. The molecule has 0 aromatic heterocycles. The van der Waals surface area contributed by atoms with Crippen LogP contribution in [-0.4, -0.2) is 17.1 Å². The number of ether oxygens (including phenoxy) is 2. The van der Waals surface area contributed by atoms with Gasteiger partial charge in [0.05, 0.1) is 16.1 Å². The van der Waals surface area contributed by atoms with Crippen LogP contribution in [-0.2, 0) is 11.0 Å². The summed E-state index contributed by atoms with van der Waals surface area (Å²) < 4.78 is 48.5. The van der Waals surface area contributed by atoms with Gasteiger partial charge in [-0.3, -0.25) is 9.59 Å². The molecule has 0 bridgehead atoms. The first-order chi connectivity index (χ1) is 12.1. The quantitative estimate of drug-likeness (QED) is 0.557. The average molecular weight is 428 g/mol. The van der Waals surface area contributed by atoms with Crippen molar-refractivity contribution in [2.45, 2.75) is 6.18 Å². The molecule has 0 spiro atoms. The molecule has 0 fully saturated rings. The van der Waals surface area contributed by atoms with Crippen LogP contribution < -0.4 is 9.47 Å². The second-order valence-corrected chi connectivity index (χ2v) is 5.99. The van der Waals surface area contributed by atoms with Crippen molar-refractivity contribution in [3.05, 3.63) is 52.5 Å². The topological polar surface area (TPSA) is 52.6 Å². The zero-order valence-corrected chi connectivity index (χ0v) is 14.8. The Hall–Kier alpha value is -1.96. The monoisotopic (exact) mass is 426 g/mol. The first-order valence-electron chi connectivity index (χ1n) is 6.77. The number of rotatable bonds is 6. The lowest BCUT2D eigenvalue weighted by atomic mass is 10.2. The molecule has 2 aromatic carbocycles. The Bertz CT molecular complexity index is 853. The molecule has 2 aromatic rings. The Kier molecular flexibility index (Phi) is 6.39. The minimum absolute atomic E-state index is 0.00296. The van der Waals surface area contributed by atoms with E-state index in [2.05, 4.69) is 0 Å². The summed E-state index contributed by atoms with van der Waals surface area (Å²) in [4.78, 5) is 22.2. The van der Waals surface area contributed by atoms with Crippen molar-refractivity contribution < 1.29 is 32.2 Å². The van der Waals surface area contributed by atoms with Crippen molar-refractivity contribution in [3.8, 4) is 17.2 Å². The number of carbonyl (C=O) groups is 2. The molecule has 0 heterocycles. The highest BCUT2D eigenvalue weighted by Gasteiger charge is 2.33. The lowest BCUT2D eigenvalue weighted by molar-refractivity contribution is -0.137. The maximum absolute atomic E-state index is 12.7. The fraction of sp³-hybridized carbons (Fsp3) is 0.125. The van der Waals surface area contributed by atoms with E-state index in [9.17, 15) is 22.8 Å². The summed E-state index contributed by atoms with van der Waals surface area (Å²) in [5.41, 5.74) is -1.11. The standard InChI is InChI=1S/C16H8Cl3F3O4/c17-12-6-9(1-3-11(12)16(20,21)22)26-8-2-4-13(25-7-14(18)23)10(5-8)15(19)24/h1-6H,7H2. The van der Waals surface area contributed by atoms with Gasteiger partial charge in [0.15, 0.2) is 6.61 Å². The fourth-order valence-corrected chi connectivity index (χ4v) is 2.39. The summed E-state index contributed by atoms with van der Waals surface area (Å²) in [6.07, 6.45) is -4.59. The van der Waals surface area contributed by atoms with Crippen LogP contribution >= 0.6 is 34.8 Å². The van der Waals surface area contributed by atoms with Crippen LogP contribution in [0.25, 0.3) is 0 Å². The van der Waals surface area contributed by atoms with Crippen molar-refractivity contribution >= 4 is 45.3 Å². The van der Waals surface area contributed by atoms with E-state index in [1.165, 1.54) is 18.2 Å². The van der Waals surface area contributed by atoms with Gasteiger partial charge >= 0.3 is 6.18 Å². The number of hydrogen-bond acceptors (Lipinski definition) is 4. The first kappa shape index (κ1) is 20.4. The summed E-state index contributed by atoms with van der Waals surface area (Å²) in [5, 5.41) is -2.21. The van der Waals surface area contributed by atoms with Crippen LogP contribution in [0.4, 0.5) is 13.2 Å². The third-order valence-electron chi connectivity index (χ3n) is 2.99. The second kappa shape index (κ2) is 8.16. The smallest absolute Gasteiger partial charge is 0.417 e. The van der Waals surface area contributed by atoms with E-state index in [-0.39, 0.29) is 22.8 Å². The molecule has 0 atom stereocenters. The van der Waals surface area contributed by atoms with Crippen molar-refractivity contribution in [3.63, 3.8) is 0 Å². The molecule has 10 heteroatoms. The van der Waals surface area contributed by atoms with Crippen LogP contribution in [0.2, 0.25) is 5.02 Å². The van der Waals surface area contributed by atoms with Crippen molar-refractivity contribution in [1.82, 2.24) is 0 Å². The van der Waals surface area contributed by atoms with Crippen LogP contribution in [0.15, 0.2) is 36.4 Å². The van der Waals surface area contributed by atoms with Gasteiger partial charge in [-0.2, -0.15) is 13.2 Å². The van der Waals surface area contributed by atoms with Crippen molar-refractivity contribution in [1.29, 1.82) is 0 Å². The average Bonchev–Trinajstić information content (AvgIpc) is 2.52. The van der Waals surface area contributed by atoms with Crippen LogP contribution in [0.3, 0.4) is 0 Å². The molecule has 0 saturated carbocycles. The first-order valence-corrected chi connectivity index (χ1v) is 7.91. The molecule has 2 rings (SSSR count). The van der Waals surface area contributed by atoms with Gasteiger partial charge in [0.2, 0.25) is 0 Å². The molecular formula is C16H8Cl3F3O4. The highest BCUT2D eigenvalue weighted by atomic mass is 35.5. The molecule has 0 unspecified atom stereocenters. The molecule has 138 valence electrons. The summed E-state index contributed by atoms with van der Waals surface area (Å²) in [6, 6.07) is 6.71. The van der Waals surface area contributed by atoms with E-state index in [4.69, 9.17) is 44.3 Å². The van der Waals surface area contributed by atoms with Crippen LogP contribution in [0.1, 0.15) is 15.9 Å². The summed E-state index contributed by atoms with van der Waals surface area (Å²) in [5.74, 6) is 0.103. The lowest BCUT2D eigenvalue weighted by Gasteiger charge is -2.13. The van der Waals surface area contributed by atoms with E-state index >= 15 is 0 Å². The Morgan fingerprint density at radius 3 is 2.15 bits per heavy atom. The van der Waals surface area contributed by atoms with E-state index in [1.807, 2.05) is 0 Å². The molecule has 0 aliphatic carbocycles. The van der Waals surface area contributed by atoms with Crippen LogP contribution in [0.5, 0.6) is 17.2 Å². The van der Waals surface area contributed by atoms with Gasteiger partial charge in [0, 0.05) is 6.07 Å². The zero-order chi connectivity index (χ0) is 19.5. The molecule has 26 heavy (non-hydrogen) atoms. The molecule has 4 nitrogen and oxygen atoms in total. The SMILES string of the molecule is O=C(Cl)COc1ccc(Oc2ccc(C(F)(F)F)c(Cl)c2)cc1C(=O)Cl. The second-order valence-electron chi connectivity index (χ2n) is 4.82. The number of hydrogen-bond donors (Lipinski definition) is 0. The van der Waals surface area contributed by atoms with E-state index in [1.54, 1.807) is 0 Å². The summed E-state index contributed by atoms with van der Waals surface area (Å²) >= 11 is 16.2. The van der Waals surface area contributed by atoms with E-state index < -0.39 is 33.9 Å². The Balaban J connectivity index is 2.27. The Morgan fingerprint density at radius 2 is 1.62 bits per heavy atom. The molecule has 0 aliphatic heterocycles. The van der Waals surface area contributed by atoms with Crippen LogP contribution in [0, 0.1) is 0 Å². The van der Waals surface area contributed by atoms with Gasteiger partial charge in [-0.05, 0) is 53.5 Å². The largest absolute Gasteiger partial charge is 0.484 e. The molecule has 0 amide bonds. The van der Waals surface area contributed by atoms with Crippen molar-refractivity contribution in [2.75, 3.05) is 6.61 Å². The number of benzene rings is 2. The van der Waals surface area contributed by atoms with E-state index in [0.29, 0.717) is 0 Å². The van der Waals surface area contributed by atoms with Gasteiger partial charge in [0.25, 0.3) is 10.5 Å². The fourth-order valence-electron chi connectivity index (χ4n) is 1.91. The predicted octanol–water partition coefficient (Wildman–Crippen LogP) is 5.67. The minimum Gasteiger partial charge on any atom is -0.484 e. The van der Waals surface area contributed by atoms with Gasteiger partial charge in [-0.25, -0.2) is 0 Å². The molecule has 0 saturated heterocycles. The van der Waals surface area contributed by atoms with Gasteiger partial charge in [-0.1, -0.05) is 11.6 Å². The minimum atomic E-state index is -4.59. The third kappa shape index (κ3) is 5.27. The highest BCUT2D eigenvalue weighted by Crippen LogP contribution is 2.37. The predicted molar refractivity (Wildman–Crippen MR) is 89.5 cm³/mol. The summed E-state index contributed by atoms with van der Waals surface area (Å²) in [6.45, 7) is -0.479. The normalized spacial score (nSPS) is 11.2. The molecule has 0 aliphatic rings. The maximum Gasteiger partial charge on any atom is 0.417 e. The highest BCUT2D eigenvalue weighted by molar-refractivity contribution is 6.68. The lowest BCUT2D eigenvalue weighted by Crippen LogP contribution is -2.07. The molecule has 0 N–H and O–H groups in total. The van der Waals surface area contributed by atoms with Gasteiger partial charge in [0.1, 0.15) is 17.2 Å². The molecular weight excluding hydrogens is 420 g/mol. The van der Waals surface area contributed by atoms with Gasteiger partial charge in [-0.15, -0.1) is 0 Å².